The molecule has 0 heterocycles. The van der Waals surface area contributed by atoms with Gasteiger partial charge in [0, 0.05) is 12.8 Å². The summed E-state index contributed by atoms with van der Waals surface area (Å²) in [6.45, 7) is 0. The van der Waals surface area contributed by atoms with Crippen molar-refractivity contribution in [3.63, 3.8) is 0 Å². The van der Waals surface area contributed by atoms with Gasteiger partial charge in [-0.1, -0.05) is 72.8 Å². The van der Waals surface area contributed by atoms with E-state index < -0.39 is 0 Å². The molecule has 0 spiro atoms. The topological polar surface area (TPSA) is 17.1 Å². The summed E-state index contributed by atoms with van der Waals surface area (Å²) in [7, 11) is 0. The number of allylic oxidation sites excluding steroid dienone is 2. The van der Waals surface area contributed by atoms with E-state index in [9.17, 15) is 4.79 Å². The molecule has 2 rings (SSSR count). The molecule has 0 aliphatic rings. The van der Waals surface area contributed by atoms with E-state index in [-0.39, 0.29) is 0 Å². The minimum Gasteiger partial charge on any atom is -0.299 e. The molecule has 1 nitrogen and oxygen atoms in total. The zero-order chi connectivity index (χ0) is 14.0. The second-order valence-corrected chi connectivity index (χ2v) is 4.89. The second kappa shape index (κ2) is 8.11. The number of benzene rings is 2. The highest BCUT2D eigenvalue weighted by molar-refractivity contribution is 5.80. The zero-order valence-corrected chi connectivity index (χ0v) is 11.7. The molecule has 0 amide bonds. The molecular weight excluding hydrogens is 244 g/mol. The van der Waals surface area contributed by atoms with E-state index in [2.05, 4.69) is 30.3 Å². The predicted octanol–water partition coefficient (Wildman–Crippen LogP) is 4.38. The number of rotatable bonds is 7. The maximum atomic E-state index is 11.8. The molecule has 0 aliphatic carbocycles. The molecule has 0 fully saturated rings. The van der Waals surface area contributed by atoms with E-state index in [1.54, 1.807) is 0 Å². The summed E-state index contributed by atoms with van der Waals surface area (Å²) in [6, 6.07) is 20.4. The fourth-order valence-electron chi connectivity index (χ4n) is 2.08. The summed E-state index contributed by atoms with van der Waals surface area (Å²) in [5, 5.41) is 0. The predicted molar refractivity (Wildman–Crippen MR) is 83.7 cm³/mol. The monoisotopic (exact) mass is 264 g/mol. The van der Waals surface area contributed by atoms with Gasteiger partial charge >= 0.3 is 0 Å². The summed E-state index contributed by atoms with van der Waals surface area (Å²) in [5.41, 5.74) is 2.51. The lowest BCUT2D eigenvalue weighted by atomic mass is 10.1. The molecule has 0 saturated heterocycles. The van der Waals surface area contributed by atoms with Crippen LogP contribution in [0.4, 0.5) is 0 Å². The van der Waals surface area contributed by atoms with E-state index in [1.165, 1.54) is 11.1 Å². The Morgan fingerprint density at radius 1 is 0.800 bits per heavy atom. The lowest BCUT2D eigenvalue weighted by molar-refractivity contribution is -0.118. The third kappa shape index (κ3) is 5.23. The Morgan fingerprint density at radius 2 is 1.40 bits per heavy atom. The van der Waals surface area contributed by atoms with Gasteiger partial charge in [-0.15, -0.1) is 0 Å². The summed E-state index contributed by atoms with van der Waals surface area (Å²) in [6.07, 6.45) is 6.97. The van der Waals surface area contributed by atoms with Gasteiger partial charge in [0.1, 0.15) is 5.78 Å². The first-order valence-electron chi connectivity index (χ1n) is 7.09. The molecule has 20 heavy (non-hydrogen) atoms. The lowest BCUT2D eigenvalue weighted by Gasteiger charge is -1.99. The van der Waals surface area contributed by atoms with Crippen molar-refractivity contribution >= 4 is 5.78 Å². The van der Waals surface area contributed by atoms with Crippen LogP contribution in [0.25, 0.3) is 0 Å². The highest BCUT2D eigenvalue weighted by Crippen LogP contribution is 2.05. The van der Waals surface area contributed by atoms with Gasteiger partial charge in [0.25, 0.3) is 0 Å². The molecule has 0 atom stereocenters. The lowest BCUT2D eigenvalue weighted by Crippen LogP contribution is -1.98. The number of Topliss-reactive ketones (excluding diaryl/α,β-unsaturated/α-hetero) is 1. The molecule has 1 heteroatoms. The fourth-order valence-corrected chi connectivity index (χ4v) is 2.08. The Morgan fingerprint density at radius 3 is 2.05 bits per heavy atom. The molecule has 0 N–H and O–H groups in total. The van der Waals surface area contributed by atoms with E-state index in [0.29, 0.717) is 18.6 Å². The zero-order valence-electron chi connectivity index (χ0n) is 11.7. The molecule has 0 bridgehead atoms. The van der Waals surface area contributed by atoms with Gasteiger partial charge < -0.3 is 0 Å². The maximum absolute atomic E-state index is 11.8. The average molecular weight is 264 g/mol. The Balaban J connectivity index is 1.67. The van der Waals surface area contributed by atoms with Crippen LogP contribution < -0.4 is 0 Å². The standard InChI is InChI=1S/C19H20O/c20-19(16-15-18-11-5-2-6-12-18)14-8-7-13-17-9-3-1-4-10-17/h1-12H,13-16H2. The van der Waals surface area contributed by atoms with Crippen molar-refractivity contribution in [3.8, 4) is 0 Å². The van der Waals surface area contributed by atoms with Crippen LogP contribution in [0.3, 0.4) is 0 Å². The van der Waals surface area contributed by atoms with Gasteiger partial charge in [-0.25, -0.2) is 0 Å². The summed E-state index contributed by atoms with van der Waals surface area (Å²) in [4.78, 5) is 11.8. The van der Waals surface area contributed by atoms with Crippen molar-refractivity contribution in [1.29, 1.82) is 0 Å². The Kier molecular flexibility index (Phi) is 5.78. The first kappa shape index (κ1) is 14.3. The normalized spacial score (nSPS) is 10.8. The average Bonchev–Trinajstić information content (AvgIpc) is 2.52. The van der Waals surface area contributed by atoms with Gasteiger partial charge in [-0.2, -0.15) is 0 Å². The van der Waals surface area contributed by atoms with Crippen LogP contribution in [0.15, 0.2) is 72.8 Å². The van der Waals surface area contributed by atoms with Crippen molar-refractivity contribution in [2.24, 2.45) is 0 Å². The van der Waals surface area contributed by atoms with Crippen LogP contribution >= 0.6 is 0 Å². The number of ketones is 1. The first-order valence-corrected chi connectivity index (χ1v) is 7.09. The number of hydrogen-bond donors (Lipinski definition) is 0. The van der Waals surface area contributed by atoms with E-state index in [0.717, 1.165) is 12.8 Å². The SMILES string of the molecule is O=C(CC=CCc1ccccc1)CCc1ccccc1. The molecule has 0 aromatic heterocycles. The first-order chi connectivity index (χ1) is 9.84. The Hall–Kier alpha value is -2.15. The third-order valence-corrected chi connectivity index (χ3v) is 3.24. The van der Waals surface area contributed by atoms with Crippen molar-refractivity contribution < 1.29 is 4.79 Å². The number of carbonyl (C=O) groups is 1. The maximum Gasteiger partial charge on any atom is 0.136 e. The summed E-state index contributed by atoms with van der Waals surface area (Å²) in [5.74, 6) is 0.304. The highest BCUT2D eigenvalue weighted by atomic mass is 16.1. The van der Waals surface area contributed by atoms with Crippen molar-refractivity contribution in [2.75, 3.05) is 0 Å². The van der Waals surface area contributed by atoms with Crippen LogP contribution in [-0.4, -0.2) is 5.78 Å². The second-order valence-electron chi connectivity index (χ2n) is 4.89. The third-order valence-electron chi connectivity index (χ3n) is 3.24. The van der Waals surface area contributed by atoms with Crippen LogP contribution in [0.2, 0.25) is 0 Å². The number of hydrogen-bond acceptors (Lipinski definition) is 1. The Bertz CT molecular complexity index is 540. The van der Waals surface area contributed by atoms with Crippen molar-refractivity contribution in [1.82, 2.24) is 0 Å². The Labute approximate surface area is 121 Å². The summed E-state index contributed by atoms with van der Waals surface area (Å²) >= 11 is 0. The summed E-state index contributed by atoms with van der Waals surface area (Å²) < 4.78 is 0. The quantitative estimate of drug-likeness (QED) is 0.678. The number of aryl methyl sites for hydroxylation is 1. The van der Waals surface area contributed by atoms with Crippen LogP contribution in [0, 0.1) is 0 Å². The van der Waals surface area contributed by atoms with Gasteiger partial charge in [0.05, 0.1) is 0 Å². The molecule has 102 valence electrons. The van der Waals surface area contributed by atoms with E-state index in [1.807, 2.05) is 42.5 Å². The van der Waals surface area contributed by atoms with E-state index in [4.69, 9.17) is 0 Å². The largest absolute Gasteiger partial charge is 0.299 e. The van der Waals surface area contributed by atoms with Crippen LogP contribution in [0.5, 0.6) is 0 Å². The molecular formula is C19H20O. The molecule has 2 aromatic rings. The minimum absolute atomic E-state index is 0.304. The van der Waals surface area contributed by atoms with Crippen molar-refractivity contribution in [2.45, 2.75) is 25.7 Å². The number of carbonyl (C=O) groups excluding carboxylic acids is 1. The molecule has 0 saturated carbocycles. The molecule has 0 radical (unpaired) electrons. The smallest absolute Gasteiger partial charge is 0.136 e. The van der Waals surface area contributed by atoms with Gasteiger partial charge in [-0.3, -0.25) is 4.79 Å². The minimum atomic E-state index is 0.304. The van der Waals surface area contributed by atoms with Gasteiger partial charge in [-0.05, 0) is 24.0 Å². The van der Waals surface area contributed by atoms with E-state index >= 15 is 0 Å². The molecule has 0 aliphatic heterocycles. The highest BCUT2D eigenvalue weighted by Gasteiger charge is 2.00. The fraction of sp³-hybridized carbons (Fsp3) is 0.211. The molecule has 2 aromatic carbocycles. The van der Waals surface area contributed by atoms with Crippen molar-refractivity contribution in [3.05, 3.63) is 83.9 Å². The molecule has 0 unspecified atom stereocenters. The van der Waals surface area contributed by atoms with Gasteiger partial charge in [0.15, 0.2) is 0 Å². The van der Waals surface area contributed by atoms with Crippen LogP contribution in [-0.2, 0) is 17.6 Å². The van der Waals surface area contributed by atoms with Crippen LogP contribution in [0.1, 0.15) is 24.0 Å². The van der Waals surface area contributed by atoms with Gasteiger partial charge in [0.2, 0.25) is 0 Å².